The Bertz CT molecular complexity index is 1110. The molecule has 1 aliphatic carbocycles. The largest absolute Gasteiger partial charge is 0.431 e. The van der Waals surface area contributed by atoms with Crippen LogP contribution in [0.3, 0.4) is 0 Å². The Hall–Kier alpha value is -2.79. The lowest BCUT2D eigenvalue weighted by Gasteiger charge is -2.42. The van der Waals surface area contributed by atoms with Crippen LogP contribution in [0.5, 0.6) is 5.75 Å². The quantitative estimate of drug-likeness (QED) is 0.679. The molecule has 11 heteroatoms. The van der Waals surface area contributed by atoms with Gasteiger partial charge in [0, 0.05) is 55.6 Å². The molecule has 0 radical (unpaired) electrons. The van der Waals surface area contributed by atoms with Crippen LogP contribution in [0, 0.1) is 5.92 Å². The highest BCUT2D eigenvalue weighted by molar-refractivity contribution is 5.68. The van der Waals surface area contributed by atoms with E-state index in [1.54, 1.807) is 6.20 Å². The number of halogens is 2. The normalized spacial score (nSPS) is 30.2. The van der Waals surface area contributed by atoms with E-state index in [9.17, 15) is 8.78 Å². The summed E-state index contributed by atoms with van der Waals surface area (Å²) in [5.74, 6) is 2.09. The number of nitrogens with two attached hydrogens (primary N) is 1. The van der Waals surface area contributed by atoms with Crippen LogP contribution in [-0.2, 0) is 4.74 Å². The molecule has 2 aromatic heterocycles. The first-order chi connectivity index (χ1) is 16.5. The van der Waals surface area contributed by atoms with Crippen molar-refractivity contribution in [3.05, 3.63) is 18.3 Å². The van der Waals surface area contributed by atoms with Gasteiger partial charge in [0.1, 0.15) is 5.82 Å². The van der Waals surface area contributed by atoms with Crippen molar-refractivity contribution in [3.8, 4) is 17.0 Å². The lowest BCUT2D eigenvalue weighted by Crippen LogP contribution is -2.57. The zero-order chi connectivity index (χ0) is 23.0. The van der Waals surface area contributed by atoms with E-state index >= 15 is 0 Å². The summed E-state index contributed by atoms with van der Waals surface area (Å²) in [5.41, 5.74) is 6.98. The molecule has 5 aliphatic heterocycles. The van der Waals surface area contributed by atoms with Gasteiger partial charge in [0.15, 0.2) is 11.6 Å². The number of nitrogens with zero attached hydrogens (tertiary/aromatic N) is 6. The fourth-order valence-corrected chi connectivity index (χ4v) is 6.25. The minimum Gasteiger partial charge on any atom is -0.431 e. The predicted molar refractivity (Wildman–Crippen MR) is 121 cm³/mol. The first-order valence-corrected chi connectivity index (χ1v) is 12.0. The van der Waals surface area contributed by atoms with Gasteiger partial charge in [0.25, 0.3) is 0 Å². The second-order valence-electron chi connectivity index (χ2n) is 10.1. The van der Waals surface area contributed by atoms with Gasteiger partial charge in [-0.25, -0.2) is 9.97 Å². The van der Waals surface area contributed by atoms with Crippen LogP contribution in [0.2, 0.25) is 0 Å². The van der Waals surface area contributed by atoms with Crippen molar-refractivity contribution >= 4 is 17.6 Å². The van der Waals surface area contributed by atoms with Gasteiger partial charge in [0.05, 0.1) is 24.9 Å². The number of pyridine rings is 1. The Morgan fingerprint density at radius 1 is 0.971 bits per heavy atom. The number of aromatic nitrogens is 3. The molecule has 5 saturated heterocycles. The number of rotatable bonds is 6. The van der Waals surface area contributed by atoms with E-state index in [1.807, 2.05) is 6.07 Å². The number of hydrogen-bond donors (Lipinski definition) is 1. The van der Waals surface area contributed by atoms with Crippen molar-refractivity contribution in [1.82, 2.24) is 19.9 Å². The van der Waals surface area contributed by atoms with Crippen LogP contribution in [-0.4, -0.2) is 83.5 Å². The van der Waals surface area contributed by atoms with E-state index in [-0.39, 0.29) is 11.6 Å². The van der Waals surface area contributed by atoms with Crippen LogP contribution in [0.1, 0.15) is 19.3 Å². The number of piperazine rings is 1. The second-order valence-corrected chi connectivity index (χ2v) is 10.1. The maximum absolute atomic E-state index is 12.9. The molecular weight excluding hydrogens is 444 g/mol. The molecule has 2 aromatic rings. The number of hydrogen-bond acceptors (Lipinski definition) is 9. The van der Waals surface area contributed by atoms with Crippen molar-refractivity contribution in [2.24, 2.45) is 5.92 Å². The lowest BCUT2D eigenvalue weighted by atomic mass is 9.86. The smallest absolute Gasteiger partial charge is 0.387 e. The molecule has 7 heterocycles. The molecule has 8 rings (SSSR count). The van der Waals surface area contributed by atoms with Crippen LogP contribution >= 0.6 is 0 Å². The van der Waals surface area contributed by atoms with Crippen LogP contribution < -0.4 is 20.3 Å². The van der Waals surface area contributed by atoms with Gasteiger partial charge in [-0.15, -0.1) is 0 Å². The zero-order valence-electron chi connectivity index (χ0n) is 18.7. The highest BCUT2D eigenvalue weighted by Gasteiger charge is 2.48. The van der Waals surface area contributed by atoms with Crippen molar-refractivity contribution in [2.75, 3.05) is 48.4 Å². The number of ether oxygens (including phenoxy) is 2. The third-order valence-corrected chi connectivity index (χ3v) is 8.12. The van der Waals surface area contributed by atoms with Gasteiger partial charge in [-0.3, -0.25) is 4.90 Å². The topological polar surface area (TPSA) is 92.9 Å². The minimum atomic E-state index is -2.98. The molecule has 0 spiro atoms. The van der Waals surface area contributed by atoms with Crippen molar-refractivity contribution < 1.29 is 18.3 Å². The van der Waals surface area contributed by atoms with Crippen LogP contribution in [0.4, 0.5) is 26.4 Å². The Balaban J connectivity index is 1.23. The molecule has 4 bridgehead atoms. The molecule has 6 fully saturated rings. The molecule has 34 heavy (non-hydrogen) atoms. The first-order valence-electron chi connectivity index (χ1n) is 12.0. The average molecular weight is 472 g/mol. The number of alkyl halides is 2. The third-order valence-electron chi connectivity index (χ3n) is 8.12. The molecular formula is C23H27F2N7O2. The van der Waals surface area contributed by atoms with E-state index in [4.69, 9.17) is 20.4 Å². The summed E-state index contributed by atoms with van der Waals surface area (Å²) in [6.45, 7) is 1.58. The van der Waals surface area contributed by atoms with Gasteiger partial charge in [0.2, 0.25) is 5.95 Å². The summed E-state index contributed by atoms with van der Waals surface area (Å²) in [6.07, 6.45) is 5.05. The molecule has 0 aromatic carbocycles. The molecule has 0 unspecified atom stereocenters. The second kappa shape index (κ2) is 7.61. The zero-order valence-corrected chi connectivity index (χ0v) is 18.7. The lowest BCUT2D eigenvalue weighted by molar-refractivity contribution is -0.0708. The van der Waals surface area contributed by atoms with Gasteiger partial charge in [-0.1, -0.05) is 0 Å². The van der Waals surface area contributed by atoms with E-state index in [0.717, 1.165) is 45.1 Å². The molecule has 0 amide bonds. The summed E-state index contributed by atoms with van der Waals surface area (Å²) < 4.78 is 35.7. The Morgan fingerprint density at radius 2 is 1.82 bits per heavy atom. The SMILES string of the molecule is Nc1ncc(-c2cc(N3C[C@@H]4C[C@H]3CN4C3COC3)nc(N3CC4CC3C4)n2)cc1OC(F)F. The van der Waals surface area contributed by atoms with Crippen molar-refractivity contribution in [3.63, 3.8) is 0 Å². The third kappa shape index (κ3) is 3.28. The Labute approximate surface area is 195 Å². The maximum Gasteiger partial charge on any atom is 0.387 e. The molecule has 6 aliphatic rings. The molecule has 2 N–H and O–H groups in total. The van der Waals surface area contributed by atoms with E-state index in [0.29, 0.717) is 47.3 Å². The van der Waals surface area contributed by atoms with Crippen LogP contribution in [0.15, 0.2) is 18.3 Å². The van der Waals surface area contributed by atoms with Gasteiger partial charge < -0.3 is 25.0 Å². The summed E-state index contributed by atoms with van der Waals surface area (Å²) in [7, 11) is 0. The van der Waals surface area contributed by atoms with E-state index in [1.165, 1.54) is 18.9 Å². The highest BCUT2D eigenvalue weighted by Crippen LogP contribution is 2.44. The van der Waals surface area contributed by atoms with Crippen molar-refractivity contribution in [2.45, 2.75) is 50.0 Å². The molecule has 180 valence electrons. The van der Waals surface area contributed by atoms with Gasteiger partial charge >= 0.3 is 6.61 Å². The van der Waals surface area contributed by atoms with Crippen molar-refractivity contribution in [1.29, 1.82) is 0 Å². The maximum atomic E-state index is 12.9. The highest BCUT2D eigenvalue weighted by atomic mass is 19.3. The predicted octanol–water partition coefficient (Wildman–Crippen LogP) is 1.98. The Morgan fingerprint density at radius 3 is 2.47 bits per heavy atom. The van der Waals surface area contributed by atoms with E-state index < -0.39 is 6.61 Å². The van der Waals surface area contributed by atoms with Crippen LogP contribution in [0.25, 0.3) is 11.3 Å². The molecule has 2 atom stereocenters. The number of anilines is 3. The van der Waals surface area contributed by atoms with Gasteiger partial charge in [-0.2, -0.15) is 13.8 Å². The fourth-order valence-electron chi connectivity index (χ4n) is 6.25. The summed E-state index contributed by atoms with van der Waals surface area (Å²) in [4.78, 5) is 21.2. The monoisotopic (exact) mass is 471 g/mol. The summed E-state index contributed by atoms with van der Waals surface area (Å²) >= 11 is 0. The number of fused-ring (bicyclic) bond motifs is 3. The number of likely N-dealkylation sites (tertiary alicyclic amines) is 1. The first kappa shape index (κ1) is 20.6. The standard InChI is InChI=1S/C23H27F2N7O2/c24-22(25)34-19-3-13(6-27-21(19)26)18-5-20(29-23(28-18)32-7-12-1-14(32)2-12)31-9-15-4-16(31)8-30(15)17-10-33-11-17/h3,5-6,12,14-17,22H,1-2,4,7-11H2,(H2,26,27)/t12?,14?,15-,16-/m0/s1. The molecule has 9 nitrogen and oxygen atoms in total. The average Bonchev–Trinajstić information content (AvgIpc) is 3.53. The fraction of sp³-hybridized carbons (Fsp3) is 0.609. The summed E-state index contributed by atoms with van der Waals surface area (Å²) in [5, 5.41) is 0. The number of nitrogen functional groups attached to an aromatic ring is 1. The van der Waals surface area contributed by atoms with Gasteiger partial charge in [-0.05, 0) is 31.2 Å². The molecule has 1 saturated carbocycles. The minimum absolute atomic E-state index is 0.0733. The van der Waals surface area contributed by atoms with E-state index in [2.05, 4.69) is 24.4 Å². The summed E-state index contributed by atoms with van der Waals surface area (Å²) in [6, 6.07) is 5.36. The Kier molecular flexibility index (Phi) is 4.60.